The van der Waals surface area contributed by atoms with Gasteiger partial charge < -0.3 is 10.6 Å². The number of carbonyl (C=O) groups is 2. The molecule has 2 aliphatic carbocycles. The average Bonchev–Trinajstić information content (AvgIpc) is 3.16. The average molecular weight is 302 g/mol. The van der Waals surface area contributed by atoms with Crippen molar-refractivity contribution >= 4 is 17.5 Å². The maximum absolute atomic E-state index is 12.0. The van der Waals surface area contributed by atoms with Gasteiger partial charge in [0.1, 0.15) is 0 Å². The minimum atomic E-state index is -0.627. The Balaban J connectivity index is 1.54. The molecule has 6 heteroatoms. The van der Waals surface area contributed by atoms with E-state index >= 15 is 0 Å². The van der Waals surface area contributed by atoms with Gasteiger partial charge in [-0.3, -0.25) is 14.3 Å². The molecule has 0 radical (unpaired) electrons. The number of aromatic nitrogens is 2. The van der Waals surface area contributed by atoms with Crippen LogP contribution >= 0.6 is 0 Å². The van der Waals surface area contributed by atoms with Crippen molar-refractivity contribution in [2.75, 3.05) is 11.9 Å². The summed E-state index contributed by atoms with van der Waals surface area (Å²) in [6, 6.07) is 0. The highest BCUT2D eigenvalue weighted by Crippen LogP contribution is 2.42. The lowest BCUT2D eigenvalue weighted by molar-refractivity contribution is -0.136. The lowest BCUT2D eigenvalue weighted by Crippen LogP contribution is -2.39. The number of fused-ring (bicyclic) bond motifs is 2. The molecule has 2 N–H and O–H groups in total. The number of nitrogens with zero attached hydrogens (tertiary/aromatic N) is 2. The molecule has 6 nitrogen and oxygen atoms in total. The third-order valence-corrected chi connectivity index (χ3v) is 4.89. The SMILES string of the molecule is Cc1nn(C)c(C)c1NC(=O)C(=O)NC[C@H]1C[C@H]2C=C[C@H]1C2. The quantitative estimate of drug-likeness (QED) is 0.653. The van der Waals surface area contributed by atoms with Crippen LogP contribution in [0, 0.1) is 31.6 Å². The van der Waals surface area contributed by atoms with Crippen molar-refractivity contribution in [3.8, 4) is 0 Å². The molecule has 2 bridgehead atoms. The number of amides is 2. The van der Waals surface area contributed by atoms with Crippen LogP contribution in [-0.4, -0.2) is 28.1 Å². The molecule has 1 heterocycles. The van der Waals surface area contributed by atoms with Gasteiger partial charge in [0.05, 0.1) is 17.1 Å². The first-order valence-corrected chi connectivity index (χ1v) is 7.73. The maximum Gasteiger partial charge on any atom is 0.313 e. The van der Waals surface area contributed by atoms with Crippen molar-refractivity contribution in [3.05, 3.63) is 23.5 Å². The predicted octanol–water partition coefficient (Wildman–Crippen LogP) is 1.30. The van der Waals surface area contributed by atoms with E-state index in [2.05, 4.69) is 27.9 Å². The highest BCUT2D eigenvalue weighted by molar-refractivity contribution is 6.39. The van der Waals surface area contributed by atoms with Gasteiger partial charge in [-0.05, 0) is 44.4 Å². The minimum Gasteiger partial charge on any atom is -0.348 e. The molecule has 0 aliphatic heterocycles. The Labute approximate surface area is 130 Å². The van der Waals surface area contributed by atoms with E-state index in [1.54, 1.807) is 11.7 Å². The molecule has 0 saturated heterocycles. The van der Waals surface area contributed by atoms with Crippen LogP contribution in [0.3, 0.4) is 0 Å². The third-order valence-electron chi connectivity index (χ3n) is 4.89. The fourth-order valence-electron chi connectivity index (χ4n) is 3.56. The Morgan fingerprint density at radius 3 is 2.59 bits per heavy atom. The van der Waals surface area contributed by atoms with E-state index in [-0.39, 0.29) is 0 Å². The van der Waals surface area contributed by atoms with E-state index in [4.69, 9.17) is 0 Å². The fourth-order valence-corrected chi connectivity index (χ4v) is 3.56. The zero-order valence-corrected chi connectivity index (χ0v) is 13.2. The summed E-state index contributed by atoms with van der Waals surface area (Å²) in [6.45, 7) is 4.24. The van der Waals surface area contributed by atoms with Crippen LogP contribution in [0.15, 0.2) is 12.2 Å². The Kier molecular flexibility index (Phi) is 3.76. The first kappa shape index (κ1) is 14.8. The molecule has 1 aromatic heterocycles. The van der Waals surface area contributed by atoms with E-state index in [9.17, 15) is 9.59 Å². The van der Waals surface area contributed by atoms with Crippen molar-refractivity contribution in [2.45, 2.75) is 26.7 Å². The van der Waals surface area contributed by atoms with Crippen LogP contribution in [0.25, 0.3) is 0 Å². The molecule has 2 aliphatic rings. The van der Waals surface area contributed by atoms with Crippen molar-refractivity contribution < 1.29 is 9.59 Å². The number of hydrogen-bond donors (Lipinski definition) is 2. The summed E-state index contributed by atoms with van der Waals surface area (Å²) in [5.41, 5.74) is 2.15. The van der Waals surface area contributed by atoms with Gasteiger partial charge in [-0.25, -0.2) is 0 Å². The minimum absolute atomic E-state index is 0.466. The summed E-state index contributed by atoms with van der Waals surface area (Å²) in [5.74, 6) is 0.499. The van der Waals surface area contributed by atoms with Crippen molar-refractivity contribution in [3.63, 3.8) is 0 Å². The van der Waals surface area contributed by atoms with E-state index in [1.165, 1.54) is 6.42 Å². The summed E-state index contributed by atoms with van der Waals surface area (Å²) in [4.78, 5) is 24.0. The molecule has 0 spiro atoms. The Morgan fingerprint density at radius 1 is 1.27 bits per heavy atom. The van der Waals surface area contributed by atoms with Crippen LogP contribution in [0.1, 0.15) is 24.2 Å². The van der Waals surface area contributed by atoms with Crippen molar-refractivity contribution in [1.29, 1.82) is 0 Å². The third kappa shape index (κ3) is 2.65. The monoisotopic (exact) mass is 302 g/mol. The van der Waals surface area contributed by atoms with Gasteiger partial charge in [-0.1, -0.05) is 12.2 Å². The first-order chi connectivity index (χ1) is 10.5. The molecular formula is C16H22N4O2. The number of rotatable bonds is 3. The fraction of sp³-hybridized carbons (Fsp3) is 0.562. The molecule has 1 aromatic rings. The second-order valence-corrected chi connectivity index (χ2v) is 6.37. The van der Waals surface area contributed by atoms with Gasteiger partial charge in [0.15, 0.2) is 0 Å². The van der Waals surface area contributed by atoms with E-state index in [0.717, 1.165) is 12.1 Å². The summed E-state index contributed by atoms with van der Waals surface area (Å²) >= 11 is 0. The molecule has 3 atom stereocenters. The first-order valence-electron chi connectivity index (χ1n) is 7.73. The Hall–Kier alpha value is -2.11. The van der Waals surface area contributed by atoms with Crippen LogP contribution in [-0.2, 0) is 16.6 Å². The zero-order chi connectivity index (χ0) is 15.9. The molecule has 0 unspecified atom stereocenters. The maximum atomic E-state index is 12.0. The number of nitrogens with one attached hydrogen (secondary N) is 2. The number of hydrogen-bond acceptors (Lipinski definition) is 3. The van der Waals surface area contributed by atoms with Crippen molar-refractivity contribution in [1.82, 2.24) is 15.1 Å². The standard InChI is InChI=1S/C16H22N4O2/c1-9-14(10(2)20(3)19-9)18-16(22)15(21)17-8-13-7-11-4-5-12(13)6-11/h4-5,11-13H,6-8H2,1-3H3,(H,17,21)(H,18,22)/t11-,12-,13+/m0/s1. The summed E-state index contributed by atoms with van der Waals surface area (Å²) < 4.78 is 1.68. The predicted molar refractivity (Wildman–Crippen MR) is 83.2 cm³/mol. The van der Waals surface area contributed by atoms with Gasteiger partial charge in [-0.2, -0.15) is 5.10 Å². The summed E-state index contributed by atoms with van der Waals surface area (Å²) in [7, 11) is 1.81. The zero-order valence-electron chi connectivity index (χ0n) is 13.2. The van der Waals surface area contributed by atoms with Gasteiger partial charge in [0, 0.05) is 13.6 Å². The lowest BCUT2D eigenvalue weighted by atomic mass is 9.94. The molecule has 1 saturated carbocycles. The molecule has 22 heavy (non-hydrogen) atoms. The van der Waals surface area contributed by atoms with Crippen LogP contribution in [0.2, 0.25) is 0 Å². The van der Waals surface area contributed by atoms with Gasteiger partial charge >= 0.3 is 11.8 Å². The molecule has 3 rings (SSSR count). The van der Waals surface area contributed by atoms with E-state index in [1.807, 2.05) is 13.8 Å². The topological polar surface area (TPSA) is 76.0 Å². The van der Waals surface area contributed by atoms with Gasteiger partial charge in [0.2, 0.25) is 0 Å². The number of anilines is 1. The van der Waals surface area contributed by atoms with Gasteiger partial charge in [0.25, 0.3) is 0 Å². The highest BCUT2D eigenvalue weighted by atomic mass is 16.2. The second kappa shape index (κ2) is 5.59. The molecular weight excluding hydrogens is 280 g/mol. The normalized spacial score (nSPS) is 25.5. The molecule has 1 fully saturated rings. The molecule has 118 valence electrons. The highest BCUT2D eigenvalue weighted by Gasteiger charge is 2.35. The van der Waals surface area contributed by atoms with Gasteiger partial charge in [-0.15, -0.1) is 0 Å². The number of aryl methyl sites for hydroxylation is 2. The number of allylic oxidation sites excluding steroid dienone is 2. The van der Waals surface area contributed by atoms with Crippen LogP contribution in [0.4, 0.5) is 5.69 Å². The summed E-state index contributed by atoms with van der Waals surface area (Å²) in [6.07, 6.45) is 6.82. The van der Waals surface area contributed by atoms with Crippen LogP contribution < -0.4 is 10.6 Å². The lowest BCUT2D eigenvalue weighted by Gasteiger charge is -2.18. The number of carbonyl (C=O) groups excluding carboxylic acids is 2. The summed E-state index contributed by atoms with van der Waals surface area (Å²) in [5, 5.41) is 9.64. The largest absolute Gasteiger partial charge is 0.348 e. The Bertz CT molecular complexity index is 647. The second-order valence-electron chi connectivity index (χ2n) is 6.37. The van der Waals surface area contributed by atoms with Crippen molar-refractivity contribution in [2.24, 2.45) is 24.8 Å². The Morgan fingerprint density at radius 2 is 2.05 bits per heavy atom. The molecule has 0 aromatic carbocycles. The molecule has 2 amide bonds. The van der Waals surface area contributed by atoms with E-state index < -0.39 is 11.8 Å². The smallest absolute Gasteiger partial charge is 0.313 e. The van der Waals surface area contributed by atoms with E-state index in [0.29, 0.717) is 35.7 Å². The van der Waals surface area contributed by atoms with Crippen LogP contribution in [0.5, 0.6) is 0 Å².